The van der Waals surface area contributed by atoms with Crippen LogP contribution in [0, 0.1) is 0 Å². The molecule has 4 nitrogen and oxygen atoms in total. The Labute approximate surface area is 124 Å². The van der Waals surface area contributed by atoms with E-state index >= 15 is 0 Å². The van der Waals surface area contributed by atoms with Gasteiger partial charge in [-0.15, -0.1) is 0 Å². The molecule has 110 valence electrons. The number of aliphatic hydroxyl groups excluding tert-OH is 1. The summed E-state index contributed by atoms with van der Waals surface area (Å²) in [5, 5.41) is 15.6. The number of hydrogen-bond donors (Lipinski definition) is 3. The first-order chi connectivity index (χ1) is 10.3. The van der Waals surface area contributed by atoms with Gasteiger partial charge < -0.3 is 15.7 Å². The summed E-state index contributed by atoms with van der Waals surface area (Å²) < 4.78 is 0. The van der Waals surface area contributed by atoms with Crippen LogP contribution in [0.2, 0.25) is 0 Å². The lowest BCUT2D eigenvalue weighted by atomic mass is 10.1. The SMILES string of the molecule is CCNc1ccccc1C(=O)NC(CO)c1ccccc1. The summed E-state index contributed by atoms with van der Waals surface area (Å²) in [7, 11) is 0. The molecule has 1 unspecified atom stereocenters. The van der Waals surface area contributed by atoms with Crippen LogP contribution in [-0.2, 0) is 0 Å². The maximum atomic E-state index is 12.4. The number of aliphatic hydroxyl groups is 1. The van der Waals surface area contributed by atoms with Gasteiger partial charge in [-0.2, -0.15) is 0 Å². The normalized spacial score (nSPS) is 11.7. The van der Waals surface area contributed by atoms with Crippen LogP contribution in [0.1, 0.15) is 28.9 Å². The van der Waals surface area contributed by atoms with E-state index in [0.29, 0.717) is 5.56 Å². The fourth-order valence-corrected chi connectivity index (χ4v) is 2.18. The number of amides is 1. The van der Waals surface area contributed by atoms with Gasteiger partial charge in [0.1, 0.15) is 0 Å². The molecular formula is C17H20N2O2. The largest absolute Gasteiger partial charge is 0.394 e. The van der Waals surface area contributed by atoms with Crippen molar-refractivity contribution < 1.29 is 9.90 Å². The molecule has 0 saturated heterocycles. The number of hydrogen-bond acceptors (Lipinski definition) is 3. The minimum Gasteiger partial charge on any atom is -0.394 e. The van der Waals surface area contributed by atoms with Gasteiger partial charge in [-0.1, -0.05) is 42.5 Å². The van der Waals surface area contributed by atoms with Crippen molar-refractivity contribution in [2.75, 3.05) is 18.5 Å². The minimum atomic E-state index is -0.409. The molecule has 1 atom stereocenters. The molecular weight excluding hydrogens is 264 g/mol. The predicted molar refractivity (Wildman–Crippen MR) is 84.3 cm³/mol. The molecule has 0 aliphatic carbocycles. The molecule has 0 saturated carbocycles. The van der Waals surface area contributed by atoms with Crippen molar-refractivity contribution in [3.05, 3.63) is 65.7 Å². The molecule has 21 heavy (non-hydrogen) atoms. The van der Waals surface area contributed by atoms with Gasteiger partial charge in [-0.05, 0) is 24.6 Å². The van der Waals surface area contributed by atoms with E-state index in [-0.39, 0.29) is 12.5 Å². The van der Waals surface area contributed by atoms with E-state index < -0.39 is 6.04 Å². The molecule has 2 aromatic carbocycles. The molecule has 0 heterocycles. The fraction of sp³-hybridized carbons (Fsp3) is 0.235. The van der Waals surface area contributed by atoms with Gasteiger partial charge in [0.15, 0.2) is 0 Å². The monoisotopic (exact) mass is 284 g/mol. The van der Waals surface area contributed by atoms with E-state index in [1.807, 2.05) is 55.5 Å². The van der Waals surface area contributed by atoms with Crippen LogP contribution in [-0.4, -0.2) is 24.2 Å². The van der Waals surface area contributed by atoms with E-state index in [1.54, 1.807) is 6.07 Å². The molecule has 0 radical (unpaired) electrons. The van der Waals surface area contributed by atoms with Crippen LogP contribution < -0.4 is 10.6 Å². The van der Waals surface area contributed by atoms with E-state index in [1.165, 1.54) is 0 Å². The molecule has 1 amide bonds. The van der Waals surface area contributed by atoms with Crippen LogP contribution >= 0.6 is 0 Å². The van der Waals surface area contributed by atoms with Crippen molar-refractivity contribution in [3.8, 4) is 0 Å². The zero-order valence-corrected chi connectivity index (χ0v) is 12.0. The lowest BCUT2D eigenvalue weighted by molar-refractivity contribution is 0.0917. The Morgan fingerprint density at radius 3 is 2.43 bits per heavy atom. The second kappa shape index (κ2) is 7.45. The van der Waals surface area contributed by atoms with Gasteiger partial charge >= 0.3 is 0 Å². The van der Waals surface area contributed by atoms with Gasteiger partial charge in [0, 0.05) is 12.2 Å². The summed E-state index contributed by atoms with van der Waals surface area (Å²) >= 11 is 0. The zero-order valence-electron chi connectivity index (χ0n) is 12.0. The number of para-hydroxylation sites is 1. The number of rotatable bonds is 6. The Balaban J connectivity index is 2.17. The third-order valence-corrected chi connectivity index (χ3v) is 3.23. The highest BCUT2D eigenvalue weighted by Gasteiger charge is 2.16. The molecule has 2 rings (SSSR count). The molecule has 0 spiro atoms. The van der Waals surface area contributed by atoms with Gasteiger partial charge in [0.2, 0.25) is 0 Å². The first-order valence-corrected chi connectivity index (χ1v) is 7.05. The van der Waals surface area contributed by atoms with Crippen molar-refractivity contribution in [3.63, 3.8) is 0 Å². The quantitative estimate of drug-likeness (QED) is 0.764. The number of carbonyl (C=O) groups is 1. The molecule has 0 aliphatic rings. The maximum absolute atomic E-state index is 12.4. The summed E-state index contributed by atoms with van der Waals surface area (Å²) in [6.45, 7) is 2.58. The molecule has 0 aromatic heterocycles. The maximum Gasteiger partial charge on any atom is 0.253 e. The Morgan fingerprint density at radius 1 is 1.10 bits per heavy atom. The van der Waals surface area contributed by atoms with Crippen molar-refractivity contribution in [1.29, 1.82) is 0 Å². The first-order valence-electron chi connectivity index (χ1n) is 7.05. The summed E-state index contributed by atoms with van der Waals surface area (Å²) in [5.41, 5.74) is 2.25. The topological polar surface area (TPSA) is 61.4 Å². The highest BCUT2D eigenvalue weighted by atomic mass is 16.3. The Hall–Kier alpha value is -2.33. The van der Waals surface area contributed by atoms with Crippen LogP contribution in [0.25, 0.3) is 0 Å². The van der Waals surface area contributed by atoms with E-state index in [4.69, 9.17) is 0 Å². The van der Waals surface area contributed by atoms with E-state index in [9.17, 15) is 9.90 Å². The second-order valence-electron chi connectivity index (χ2n) is 4.70. The van der Waals surface area contributed by atoms with Crippen LogP contribution in [0.15, 0.2) is 54.6 Å². The molecule has 0 bridgehead atoms. The van der Waals surface area contributed by atoms with Gasteiger partial charge in [-0.25, -0.2) is 0 Å². The average molecular weight is 284 g/mol. The van der Waals surface area contributed by atoms with Gasteiger partial charge in [-0.3, -0.25) is 4.79 Å². The third kappa shape index (κ3) is 3.83. The molecule has 3 N–H and O–H groups in total. The van der Waals surface area contributed by atoms with E-state index in [2.05, 4.69) is 10.6 Å². The van der Waals surface area contributed by atoms with Crippen molar-refractivity contribution in [2.45, 2.75) is 13.0 Å². The van der Waals surface area contributed by atoms with E-state index in [0.717, 1.165) is 17.8 Å². The van der Waals surface area contributed by atoms with Crippen LogP contribution in [0.3, 0.4) is 0 Å². The highest BCUT2D eigenvalue weighted by molar-refractivity contribution is 5.99. The highest BCUT2D eigenvalue weighted by Crippen LogP contribution is 2.17. The van der Waals surface area contributed by atoms with Gasteiger partial charge in [0.05, 0.1) is 18.2 Å². The Kier molecular flexibility index (Phi) is 5.35. The lowest BCUT2D eigenvalue weighted by Gasteiger charge is -2.18. The van der Waals surface area contributed by atoms with Crippen molar-refractivity contribution in [2.24, 2.45) is 0 Å². The predicted octanol–water partition coefficient (Wildman–Crippen LogP) is 2.58. The molecule has 0 fully saturated rings. The number of nitrogens with one attached hydrogen (secondary N) is 2. The summed E-state index contributed by atoms with van der Waals surface area (Å²) in [6, 6.07) is 16.4. The van der Waals surface area contributed by atoms with Gasteiger partial charge in [0.25, 0.3) is 5.91 Å². The minimum absolute atomic E-state index is 0.140. The summed E-state index contributed by atoms with van der Waals surface area (Å²) in [5.74, 6) is -0.200. The molecule has 0 aliphatic heterocycles. The summed E-state index contributed by atoms with van der Waals surface area (Å²) in [6.07, 6.45) is 0. The average Bonchev–Trinajstić information content (AvgIpc) is 2.54. The van der Waals surface area contributed by atoms with Crippen molar-refractivity contribution in [1.82, 2.24) is 5.32 Å². The fourth-order valence-electron chi connectivity index (χ4n) is 2.18. The van der Waals surface area contributed by atoms with Crippen molar-refractivity contribution >= 4 is 11.6 Å². The Morgan fingerprint density at radius 2 is 1.76 bits per heavy atom. The number of anilines is 1. The number of benzene rings is 2. The molecule has 4 heteroatoms. The number of carbonyl (C=O) groups excluding carboxylic acids is 1. The summed E-state index contributed by atoms with van der Waals surface area (Å²) in [4.78, 5) is 12.4. The molecule has 2 aromatic rings. The lowest BCUT2D eigenvalue weighted by Crippen LogP contribution is -2.31. The standard InChI is InChI=1S/C17H20N2O2/c1-2-18-15-11-7-6-10-14(15)17(21)19-16(12-20)13-8-4-3-5-9-13/h3-11,16,18,20H,2,12H2,1H3,(H,19,21). The Bertz CT molecular complexity index is 584. The smallest absolute Gasteiger partial charge is 0.253 e. The zero-order chi connectivity index (χ0) is 15.1. The van der Waals surface area contributed by atoms with Crippen LogP contribution in [0.5, 0.6) is 0 Å². The first kappa shape index (κ1) is 15.1. The third-order valence-electron chi connectivity index (χ3n) is 3.23. The van der Waals surface area contributed by atoms with Crippen LogP contribution in [0.4, 0.5) is 5.69 Å². The second-order valence-corrected chi connectivity index (χ2v) is 4.70.